The molecule has 1 heterocycles. The molecule has 0 saturated heterocycles. The van der Waals surface area contributed by atoms with Gasteiger partial charge in [-0.25, -0.2) is 0 Å². The SMILES string of the molecule is COC1=CC(=O)C2=CC(CCCCO)[C@@H](CCCCO)[C@@H]3c4cc(OC)ccc4OC1[C@H]23. The average Bonchev–Trinajstić information content (AvgIpc) is 2.81. The molecule has 0 aromatic heterocycles. The number of fused-ring (bicyclic) bond motifs is 2. The van der Waals surface area contributed by atoms with Gasteiger partial charge in [-0.1, -0.05) is 18.9 Å². The Hall–Kier alpha value is -2.31. The number of benzene rings is 1. The Morgan fingerprint density at radius 3 is 2.41 bits per heavy atom. The first kappa shape index (κ1) is 22.9. The zero-order chi connectivity index (χ0) is 22.7. The molecule has 3 aliphatic rings. The summed E-state index contributed by atoms with van der Waals surface area (Å²) in [6.07, 6.45) is 8.68. The number of hydrogen-bond donors (Lipinski definition) is 2. The molecule has 0 amide bonds. The lowest BCUT2D eigenvalue weighted by atomic mass is 9.58. The van der Waals surface area contributed by atoms with Crippen LogP contribution in [0.25, 0.3) is 0 Å². The van der Waals surface area contributed by atoms with Crippen LogP contribution >= 0.6 is 0 Å². The fraction of sp³-hybridized carbons (Fsp3) is 0.577. The van der Waals surface area contributed by atoms with Gasteiger partial charge in [0.15, 0.2) is 11.9 Å². The number of carbonyl (C=O) groups excluding carboxylic acids is 1. The van der Waals surface area contributed by atoms with Crippen LogP contribution in [0.2, 0.25) is 0 Å². The van der Waals surface area contributed by atoms with E-state index in [1.807, 2.05) is 12.1 Å². The molecule has 2 unspecified atom stereocenters. The van der Waals surface area contributed by atoms with Crippen molar-refractivity contribution in [1.29, 1.82) is 0 Å². The molecule has 2 aliphatic carbocycles. The Bertz CT molecular complexity index is 888. The van der Waals surface area contributed by atoms with E-state index < -0.39 is 0 Å². The molecule has 0 saturated carbocycles. The summed E-state index contributed by atoms with van der Waals surface area (Å²) in [5, 5.41) is 18.7. The summed E-state index contributed by atoms with van der Waals surface area (Å²) in [5.41, 5.74) is 1.91. The van der Waals surface area contributed by atoms with E-state index in [1.54, 1.807) is 20.3 Å². The summed E-state index contributed by atoms with van der Waals surface area (Å²) in [6, 6.07) is 5.91. The molecule has 174 valence electrons. The second-order valence-corrected chi connectivity index (χ2v) is 9.00. The molecule has 2 N–H and O–H groups in total. The van der Waals surface area contributed by atoms with Crippen molar-refractivity contribution in [3.63, 3.8) is 0 Å². The smallest absolute Gasteiger partial charge is 0.185 e. The minimum absolute atomic E-state index is 0.00372. The van der Waals surface area contributed by atoms with Crippen LogP contribution in [0.4, 0.5) is 0 Å². The molecule has 1 aliphatic heterocycles. The minimum atomic E-state index is -0.325. The van der Waals surface area contributed by atoms with Crippen LogP contribution in [0.5, 0.6) is 11.5 Å². The number of ether oxygens (including phenoxy) is 3. The van der Waals surface area contributed by atoms with Crippen LogP contribution in [-0.4, -0.2) is 49.5 Å². The third-order valence-electron chi connectivity index (χ3n) is 7.27. The Labute approximate surface area is 189 Å². The maximum Gasteiger partial charge on any atom is 0.185 e. The van der Waals surface area contributed by atoms with Crippen molar-refractivity contribution < 1.29 is 29.2 Å². The van der Waals surface area contributed by atoms with E-state index in [2.05, 4.69) is 12.1 Å². The van der Waals surface area contributed by atoms with Crippen molar-refractivity contribution in [1.82, 2.24) is 0 Å². The Morgan fingerprint density at radius 1 is 0.969 bits per heavy atom. The van der Waals surface area contributed by atoms with Crippen molar-refractivity contribution in [2.24, 2.45) is 17.8 Å². The van der Waals surface area contributed by atoms with Crippen LogP contribution in [0.3, 0.4) is 0 Å². The Kier molecular flexibility index (Phi) is 7.21. The van der Waals surface area contributed by atoms with Crippen molar-refractivity contribution in [2.45, 2.75) is 50.5 Å². The number of carbonyl (C=O) groups is 1. The number of unbranched alkanes of at least 4 members (excludes halogenated alkanes) is 2. The van der Waals surface area contributed by atoms with Gasteiger partial charge in [0.1, 0.15) is 17.3 Å². The van der Waals surface area contributed by atoms with E-state index >= 15 is 0 Å². The van der Waals surface area contributed by atoms with E-state index in [0.717, 1.165) is 61.2 Å². The highest BCUT2D eigenvalue weighted by molar-refractivity contribution is 6.06. The summed E-state index contributed by atoms with van der Waals surface area (Å²) in [6.45, 7) is 0.363. The molecule has 0 spiro atoms. The first-order chi connectivity index (χ1) is 15.6. The van der Waals surface area contributed by atoms with Gasteiger partial charge in [0.25, 0.3) is 0 Å². The third-order valence-corrected chi connectivity index (χ3v) is 7.27. The van der Waals surface area contributed by atoms with Gasteiger partial charge in [0.05, 0.1) is 14.2 Å². The van der Waals surface area contributed by atoms with Crippen molar-refractivity contribution in [3.8, 4) is 11.5 Å². The summed E-state index contributed by atoms with van der Waals surface area (Å²) in [5.74, 6) is 2.70. The zero-order valence-corrected chi connectivity index (χ0v) is 19.0. The first-order valence-corrected chi connectivity index (χ1v) is 11.7. The van der Waals surface area contributed by atoms with E-state index in [9.17, 15) is 15.0 Å². The lowest BCUT2D eigenvalue weighted by Gasteiger charge is -2.50. The standard InChI is InChI=1S/C26H34O6/c1-30-17-9-10-22-20(14-17)24-18(8-4-6-12-28)16(7-3-5-11-27)13-19-21(29)15-23(31-2)26(32-22)25(19)24/h9-10,13-16,18,24-28H,3-8,11-12H2,1-2H3/t16?,18-,24-,25-,26?/m1/s1. The average molecular weight is 443 g/mol. The van der Waals surface area contributed by atoms with Crippen LogP contribution in [0.15, 0.2) is 41.7 Å². The van der Waals surface area contributed by atoms with Gasteiger partial charge in [-0.3, -0.25) is 4.79 Å². The fourth-order valence-electron chi connectivity index (χ4n) is 5.82. The summed E-state index contributed by atoms with van der Waals surface area (Å²) >= 11 is 0. The third kappa shape index (κ3) is 4.18. The number of aliphatic hydroxyl groups is 2. The van der Waals surface area contributed by atoms with Gasteiger partial charge in [0.2, 0.25) is 0 Å². The first-order valence-electron chi connectivity index (χ1n) is 11.7. The van der Waals surface area contributed by atoms with Crippen LogP contribution in [0.1, 0.15) is 50.0 Å². The highest BCUT2D eigenvalue weighted by atomic mass is 16.5. The molecule has 0 radical (unpaired) electrons. The van der Waals surface area contributed by atoms with E-state index in [-0.39, 0.29) is 42.9 Å². The maximum atomic E-state index is 13.1. The monoisotopic (exact) mass is 442 g/mol. The quantitative estimate of drug-likeness (QED) is 0.537. The lowest BCUT2D eigenvalue weighted by molar-refractivity contribution is -0.114. The molecule has 1 aromatic carbocycles. The topological polar surface area (TPSA) is 85.2 Å². The number of methoxy groups -OCH3 is 2. The zero-order valence-electron chi connectivity index (χ0n) is 19.0. The summed E-state index contributed by atoms with van der Waals surface area (Å²) in [7, 11) is 3.25. The minimum Gasteiger partial charge on any atom is -0.497 e. The number of hydrogen-bond acceptors (Lipinski definition) is 6. The predicted molar refractivity (Wildman–Crippen MR) is 121 cm³/mol. The molecule has 5 atom stereocenters. The number of rotatable bonds is 10. The second kappa shape index (κ2) is 10.1. The van der Waals surface area contributed by atoms with Crippen molar-refractivity contribution in [2.75, 3.05) is 27.4 Å². The molecular weight excluding hydrogens is 408 g/mol. The molecule has 32 heavy (non-hydrogen) atoms. The van der Waals surface area contributed by atoms with Crippen molar-refractivity contribution in [3.05, 3.63) is 47.2 Å². The molecule has 4 rings (SSSR count). The van der Waals surface area contributed by atoms with Crippen molar-refractivity contribution >= 4 is 5.78 Å². The molecular formula is C26H34O6. The van der Waals surface area contributed by atoms with E-state index in [4.69, 9.17) is 14.2 Å². The van der Waals surface area contributed by atoms with E-state index in [0.29, 0.717) is 11.7 Å². The van der Waals surface area contributed by atoms with Gasteiger partial charge in [-0.15, -0.1) is 0 Å². The van der Waals surface area contributed by atoms with E-state index in [1.165, 1.54) is 0 Å². The largest absolute Gasteiger partial charge is 0.497 e. The summed E-state index contributed by atoms with van der Waals surface area (Å²) in [4.78, 5) is 13.1. The Balaban J connectivity index is 1.82. The van der Waals surface area contributed by atoms with Gasteiger partial charge in [-0.2, -0.15) is 0 Å². The number of ketones is 1. The normalized spacial score (nSPS) is 28.1. The van der Waals surface area contributed by atoms with Gasteiger partial charge in [-0.05, 0) is 55.7 Å². The van der Waals surface area contributed by atoms with Gasteiger partial charge >= 0.3 is 0 Å². The highest BCUT2D eigenvalue weighted by Crippen LogP contribution is 2.57. The van der Waals surface area contributed by atoms with Crippen LogP contribution in [0, 0.1) is 17.8 Å². The molecule has 6 heteroatoms. The van der Waals surface area contributed by atoms with Gasteiger partial charge in [0, 0.05) is 42.3 Å². The van der Waals surface area contributed by atoms with Crippen LogP contribution in [-0.2, 0) is 9.53 Å². The number of aliphatic hydroxyl groups excluding tert-OH is 2. The second-order valence-electron chi connectivity index (χ2n) is 9.00. The fourth-order valence-corrected chi connectivity index (χ4v) is 5.82. The molecule has 0 fully saturated rings. The highest BCUT2D eigenvalue weighted by Gasteiger charge is 2.52. The molecule has 1 aromatic rings. The lowest BCUT2D eigenvalue weighted by Crippen LogP contribution is -2.48. The molecule has 6 nitrogen and oxygen atoms in total. The molecule has 0 bridgehead atoms. The predicted octanol–water partition coefficient (Wildman–Crippen LogP) is 3.77. The van der Waals surface area contributed by atoms with Gasteiger partial charge < -0.3 is 24.4 Å². The van der Waals surface area contributed by atoms with Crippen LogP contribution < -0.4 is 9.47 Å². The number of allylic oxidation sites excluding steroid dienone is 2. The maximum absolute atomic E-state index is 13.1. The summed E-state index contributed by atoms with van der Waals surface area (Å²) < 4.78 is 17.5. The Morgan fingerprint density at radius 2 is 1.72 bits per heavy atom.